The van der Waals surface area contributed by atoms with Gasteiger partial charge in [-0.3, -0.25) is 4.68 Å². The minimum atomic E-state index is -0.412. The fourth-order valence-electron chi connectivity index (χ4n) is 2.05. The SMILES string of the molecule is COC(=O)c1sc(-c2ccccc2)cc1OCc1ncnn1C. The molecule has 0 aliphatic rings. The number of carbonyl (C=O) groups is 1. The van der Waals surface area contributed by atoms with Crippen LogP contribution in [-0.2, 0) is 18.4 Å². The first-order valence-electron chi connectivity index (χ1n) is 6.92. The summed E-state index contributed by atoms with van der Waals surface area (Å²) < 4.78 is 12.2. The largest absolute Gasteiger partial charge is 0.484 e. The number of hydrogen-bond acceptors (Lipinski definition) is 6. The van der Waals surface area contributed by atoms with Crippen molar-refractivity contribution in [2.45, 2.75) is 6.61 Å². The van der Waals surface area contributed by atoms with Crippen molar-refractivity contribution in [3.05, 3.63) is 53.4 Å². The van der Waals surface area contributed by atoms with E-state index in [0.717, 1.165) is 10.4 Å². The molecule has 0 fully saturated rings. The lowest BCUT2D eigenvalue weighted by Crippen LogP contribution is -2.06. The molecule has 0 unspecified atom stereocenters. The van der Waals surface area contributed by atoms with Gasteiger partial charge in [0.15, 0.2) is 10.7 Å². The summed E-state index contributed by atoms with van der Waals surface area (Å²) in [6.45, 7) is 0.228. The highest BCUT2D eigenvalue weighted by atomic mass is 32.1. The van der Waals surface area contributed by atoms with Crippen molar-refractivity contribution in [1.29, 1.82) is 0 Å². The molecule has 2 heterocycles. The van der Waals surface area contributed by atoms with Crippen LogP contribution in [0.25, 0.3) is 10.4 Å². The minimum Gasteiger partial charge on any atom is -0.484 e. The third-order valence-electron chi connectivity index (χ3n) is 3.29. The lowest BCUT2D eigenvalue weighted by atomic mass is 10.2. The predicted octanol–water partition coefficient (Wildman–Crippen LogP) is 2.91. The smallest absolute Gasteiger partial charge is 0.351 e. The third kappa shape index (κ3) is 3.24. The van der Waals surface area contributed by atoms with Gasteiger partial charge in [-0.15, -0.1) is 11.3 Å². The number of thiophene rings is 1. The van der Waals surface area contributed by atoms with Gasteiger partial charge in [-0.05, 0) is 11.6 Å². The van der Waals surface area contributed by atoms with Crippen LogP contribution in [0.1, 0.15) is 15.5 Å². The Hall–Kier alpha value is -2.67. The van der Waals surface area contributed by atoms with E-state index in [0.29, 0.717) is 16.5 Å². The van der Waals surface area contributed by atoms with E-state index in [1.165, 1.54) is 24.8 Å². The summed E-state index contributed by atoms with van der Waals surface area (Å²) in [5.74, 6) is 0.752. The zero-order chi connectivity index (χ0) is 16.2. The molecule has 0 spiro atoms. The second-order valence-corrected chi connectivity index (χ2v) is 5.80. The van der Waals surface area contributed by atoms with E-state index in [1.54, 1.807) is 11.7 Å². The molecule has 2 aromatic heterocycles. The van der Waals surface area contributed by atoms with Crippen molar-refractivity contribution < 1.29 is 14.3 Å². The maximum atomic E-state index is 12.0. The lowest BCUT2D eigenvalue weighted by Gasteiger charge is -2.05. The van der Waals surface area contributed by atoms with Crippen LogP contribution in [0.15, 0.2) is 42.7 Å². The summed E-state index contributed by atoms with van der Waals surface area (Å²) in [4.78, 5) is 17.5. The number of ether oxygens (including phenoxy) is 2. The van der Waals surface area contributed by atoms with Crippen molar-refractivity contribution in [2.24, 2.45) is 7.05 Å². The molecule has 7 heteroatoms. The molecule has 118 valence electrons. The quantitative estimate of drug-likeness (QED) is 0.673. The number of hydrogen-bond donors (Lipinski definition) is 0. The molecular formula is C16H15N3O3S. The number of carbonyl (C=O) groups excluding carboxylic acids is 1. The normalized spacial score (nSPS) is 10.5. The zero-order valence-electron chi connectivity index (χ0n) is 12.7. The Balaban J connectivity index is 1.89. The number of methoxy groups -OCH3 is 1. The average Bonchev–Trinajstić information content (AvgIpc) is 3.19. The average molecular weight is 329 g/mol. The van der Waals surface area contributed by atoms with Crippen molar-refractivity contribution >= 4 is 17.3 Å². The molecule has 23 heavy (non-hydrogen) atoms. The highest BCUT2D eigenvalue weighted by Crippen LogP contribution is 2.37. The molecule has 0 bridgehead atoms. The first-order chi connectivity index (χ1) is 11.2. The van der Waals surface area contributed by atoms with E-state index in [2.05, 4.69) is 10.1 Å². The topological polar surface area (TPSA) is 66.2 Å². The number of esters is 1. The van der Waals surface area contributed by atoms with Gasteiger partial charge in [-0.1, -0.05) is 30.3 Å². The molecule has 0 aliphatic heterocycles. The number of rotatable bonds is 5. The second kappa shape index (κ2) is 6.62. The van der Waals surface area contributed by atoms with Gasteiger partial charge in [0.25, 0.3) is 0 Å². The van der Waals surface area contributed by atoms with E-state index in [4.69, 9.17) is 9.47 Å². The molecule has 0 radical (unpaired) electrons. The molecule has 0 amide bonds. The van der Waals surface area contributed by atoms with Crippen molar-refractivity contribution in [3.8, 4) is 16.2 Å². The van der Waals surface area contributed by atoms with Crippen LogP contribution in [0.2, 0.25) is 0 Å². The van der Waals surface area contributed by atoms with Crippen LogP contribution in [0.3, 0.4) is 0 Å². The maximum absolute atomic E-state index is 12.0. The molecule has 0 aliphatic carbocycles. The fourth-order valence-corrected chi connectivity index (χ4v) is 3.08. The van der Waals surface area contributed by atoms with E-state index in [-0.39, 0.29) is 6.61 Å². The first-order valence-corrected chi connectivity index (χ1v) is 7.74. The molecule has 1 aromatic carbocycles. The molecule has 0 saturated carbocycles. The summed E-state index contributed by atoms with van der Waals surface area (Å²) in [6.07, 6.45) is 1.46. The Kier molecular flexibility index (Phi) is 4.38. The molecule has 3 rings (SSSR count). The summed E-state index contributed by atoms with van der Waals surface area (Å²) in [6, 6.07) is 11.7. The summed E-state index contributed by atoms with van der Waals surface area (Å²) in [5, 5.41) is 3.99. The maximum Gasteiger partial charge on any atom is 0.351 e. The Morgan fingerprint density at radius 2 is 2.09 bits per heavy atom. The van der Waals surface area contributed by atoms with Gasteiger partial charge < -0.3 is 9.47 Å². The standard InChI is InChI=1S/C16H15N3O3S/c1-19-14(17-10-18-19)9-22-12-8-13(11-6-4-3-5-7-11)23-15(12)16(20)21-2/h3-8,10H,9H2,1-2H3. The van der Waals surface area contributed by atoms with Crippen LogP contribution in [0.4, 0.5) is 0 Å². The number of nitrogens with zero attached hydrogens (tertiary/aromatic N) is 3. The molecule has 0 saturated heterocycles. The summed E-state index contributed by atoms with van der Waals surface area (Å²) in [7, 11) is 3.15. The lowest BCUT2D eigenvalue weighted by molar-refractivity contribution is 0.0601. The van der Waals surface area contributed by atoms with Gasteiger partial charge in [0.2, 0.25) is 0 Å². The molecular weight excluding hydrogens is 314 g/mol. The van der Waals surface area contributed by atoms with Gasteiger partial charge >= 0.3 is 5.97 Å². The Morgan fingerprint density at radius 3 is 2.74 bits per heavy atom. The third-order valence-corrected chi connectivity index (χ3v) is 4.43. The van der Waals surface area contributed by atoms with Crippen LogP contribution < -0.4 is 4.74 Å². The summed E-state index contributed by atoms with van der Waals surface area (Å²) in [5.41, 5.74) is 1.02. The molecule has 3 aromatic rings. The highest BCUT2D eigenvalue weighted by Gasteiger charge is 2.19. The first kappa shape index (κ1) is 15.2. The molecule has 0 atom stereocenters. The molecule has 6 nitrogen and oxygen atoms in total. The number of aryl methyl sites for hydroxylation is 1. The van der Waals surface area contributed by atoms with E-state index in [1.807, 2.05) is 36.4 Å². The zero-order valence-corrected chi connectivity index (χ0v) is 13.5. The van der Waals surface area contributed by atoms with Gasteiger partial charge in [0, 0.05) is 11.9 Å². The number of benzene rings is 1. The van der Waals surface area contributed by atoms with E-state index < -0.39 is 5.97 Å². The van der Waals surface area contributed by atoms with Crippen LogP contribution >= 0.6 is 11.3 Å². The Bertz CT molecular complexity index is 811. The highest BCUT2D eigenvalue weighted by molar-refractivity contribution is 7.17. The van der Waals surface area contributed by atoms with Crippen LogP contribution in [0.5, 0.6) is 5.75 Å². The monoisotopic (exact) mass is 329 g/mol. The van der Waals surface area contributed by atoms with Crippen LogP contribution in [-0.4, -0.2) is 27.8 Å². The van der Waals surface area contributed by atoms with Gasteiger partial charge in [0.05, 0.1) is 7.11 Å². The van der Waals surface area contributed by atoms with E-state index >= 15 is 0 Å². The van der Waals surface area contributed by atoms with E-state index in [9.17, 15) is 4.79 Å². The van der Waals surface area contributed by atoms with Gasteiger partial charge in [-0.2, -0.15) is 5.10 Å². The van der Waals surface area contributed by atoms with Crippen molar-refractivity contribution in [1.82, 2.24) is 14.8 Å². The fraction of sp³-hybridized carbons (Fsp3) is 0.188. The van der Waals surface area contributed by atoms with Crippen LogP contribution in [0, 0.1) is 0 Å². The van der Waals surface area contributed by atoms with Gasteiger partial charge in [-0.25, -0.2) is 9.78 Å². The van der Waals surface area contributed by atoms with Crippen molar-refractivity contribution in [2.75, 3.05) is 7.11 Å². The van der Waals surface area contributed by atoms with Crippen molar-refractivity contribution in [3.63, 3.8) is 0 Å². The molecule has 0 N–H and O–H groups in total. The predicted molar refractivity (Wildman–Crippen MR) is 86.4 cm³/mol. The summed E-state index contributed by atoms with van der Waals surface area (Å²) >= 11 is 1.34. The number of aromatic nitrogens is 3. The van der Waals surface area contributed by atoms with Gasteiger partial charge in [0.1, 0.15) is 18.7 Å². The second-order valence-electron chi connectivity index (χ2n) is 4.75. The Morgan fingerprint density at radius 1 is 1.30 bits per heavy atom. The minimum absolute atomic E-state index is 0.228. The Labute approximate surface area is 137 Å².